The van der Waals surface area contributed by atoms with Crippen molar-refractivity contribution >= 4 is 5.69 Å². The molecule has 0 amide bonds. The van der Waals surface area contributed by atoms with Crippen LogP contribution in [0.2, 0.25) is 0 Å². The highest BCUT2D eigenvalue weighted by atomic mass is 16.5. The smallest absolute Gasteiger partial charge is 0.0507 e. The Hall–Kier alpha value is -1.13. The van der Waals surface area contributed by atoms with E-state index in [1.54, 1.807) is 7.11 Å². The molecule has 1 N–H and O–H groups in total. The molecule has 1 saturated heterocycles. The Morgan fingerprint density at radius 1 is 1.38 bits per heavy atom. The quantitative estimate of drug-likeness (QED) is 0.873. The van der Waals surface area contributed by atoms with Crippen molar-refractivity contribution < 1.29 is 4.74 Å². The number of aromatic nitrogens is 1. The summed E-state index contributed by atoms with van der Waals surface area (Å²) in [6, 6.07) is 2.99. The third kappa shape index (κ3) is 3.95. The van der Waals surface area contributed by atoms with E-state index in [4.69, 9.17) is 4.74 Å². The summed E-state index contributed by atoms with van der Waals surface area (Å²) in [6.07, 6.45) is 7.25. The van der Waals surface area contributed by atoms with Gasteiger partial charge in [-0.2, -0.15) is 0 Å². The molecular weight excluding hydrogens is 262 g/mol. The Morgan fingerprint density at radius 3 is 3.00 bits per heavy atom. The van der Waals surface area contributed by atoms with Gasteiger partial charge in [0, 0.05) is 55.9 Å². The molecule has 0 bridgehead atoms. The molecule has 0 spiro atoms. The number of ether oxygens (including phenoxy) is 1. The number of aryl methyl sites for hydroxylation is 1. The predicted octanol–water partition coefficient (Wildman–Crippen LogP) is 2.50. The third-order valence-electron chi connectivity index (χ3n) is 4.52. The lowest BCUT2D eigenvalue weighted by molar-refractivity contribution is 0.143. The van der Waals surface area contributed by atoms with E-state index in [1.807, 2.05) is 0 Å². The van der Waals surface area contributed by atoms with E-state index in [0.717, 1.165) is 38.0 Å². The Kier molecular flexibility index (Phi) is 4.76. The molecule has 21 heavy (non-hydrogen) atoms. The van der Waals surface area contributed by atoms with Gasteiger partial charge in [0.05, 0.1) is 6.61 Å². The maximum Gasteiger partial charge on any atom is 0.0507 e. The van der Waals surface area contributed by atoms with Crippen LogP contribution in [-0.4, -0.2) is 37.8 Å². The van der Waals surface area contributed by atoms with Crippen LogP contribution in [0.5, 0.6) is 0 Å². The highest BCUT2D eigenvalue weighted by Crippen LogP contribution is 2.28. The number of hydrogen-bond donors (Lipinski definition) is 1. The lowest BCUT2D eigenvalue weighted by Gasteiger charge is -2.35. The van der Waals surface area contributed by atoms with Crippen LogP contribution in [0.25, 0.3) is 0 Å². The number of rotatable bonds is 6. The van der Waals surface area contributed by atoms with Crippen molar-refractivity contribution in [3.63, 3.8) is 0 Å². The average Bonchev–Trinajstić information content (AvgIpc) is 3.31. The standard InChI is InChI=1S/C17H27N3O/c1-13-8-17(15(9-18-13)10-19-16-5-6-16)20-7-3-4-14(11-20)12-21-2/h8-9,14,16,19H,3-7,10-12H2,1-2H3. The van der Waals surface area contributed by atoms with E-state index >= 15 is 0 Å². The van der Waals surface area contributed by atoms with Gasteiger partial charge in [0.25, 0.3) is 0 Å². The Balaban J connectivity index is 1.73. The van der Waals surface area contributed by atoms with E-state index in [-0.39, 0.29) is 0 Å². The number of piperidine rings is 1. The first-order chi connectivity index (χ1) is 10.3. The molecule has 1 saturated carbocycles. The van der Waals surface area contributed by atoms with Crippen LogP contribution < -0.4 is 10.2 Å². The summed E-state index contributed by atoms with van der Waals surface area (Å²) in [5, 5.41) is 3.62. The minimum atomic E-state index is 0.654. The largest absolute Gasteiger partial charge is 0.384 e. The summed E-state index contributed by atoms with van der Waals surface area (Å²) in [5.41, 5.74) is 3.82. The first-order valence-corrected chi connectivity index (χ1v) is 8.19. The molecule has 4 heteroatoms. The van der Waals surface area contributed by atoms with Crippen molar-refractivity contribution in [2.24, 2.45) is 5.92 Å². The van der Waals surface area contributed by atoms with Gasteiger partial charge in [0.15, 0.2) is 0 Å². The maximum absolute atomic E-state index is 5.36. The lowest BCUT2D eigenvalue weighted by atomic mass is 9.97. The summed E-state index contributed by atoms with van der Waals surface area (Å²) < 4.78 is 5.36. The van der Waals surface area contributed by atoms with Crippen molar-refractivity contribution in [2.75, 3.05) is 31.7 Å². The fraction of sp³-hybridized carbons (Fsp3) is 0.706. The SMILES string of the molecule is COCC1CCCN(c2cc(C)ncc2CNC2CC2)C1. The van der Waals surface area contributed by atoms with E-state index in [9.17, 15) is 0 Å². The first-order valence-electron chi connectivity index (χ1n) is 8.19. The van der Waals surface area contributed by atoms with Crippen LogP contribution in [0.1, 0.15) is 36.9 Å². The monoisotopic (exact) mass is 289 g/mol. The molecule has 3 rings (SSSR count). The molecule has 2 heterocycles. The molecule has 2 aliphatic rings. The van der Waals surface area contributed by atoms with E-state index in [0.29, 0.717) is 5.92 Å². The number of anilines is 1. The van der Waals surface area contributed by atoms with Gasteiger partial charge >= 0.3 is 0 Å². The number of methoxy groups -OCH3 is 1. The van der Waals surface area contributed by atoms with Crippen molar-refractivity contribution in [2.45, 2.75) is 45.2 Å². The summed E-state index contributed by atoms with van der Waals surface area (Å²) in [7, 11) is 1.81. The molecule has 0 aromatic carbocycles. The molecule has 1 unspecified atom stereocenters. The fourth-order valence-corrected chi connectivity index (χ4v) is 3.20. The Labute approximate surface area is 127 Å². The average molecular weight is 289 g/mol. The van der Waals surface area contributed by atoms with E-state index in [1.165, 1.54) is 36.9 Å². The summed E-state index contributed by atoms with van der Waals surface area (Å²) >= 11 is 0. The highest BCUT2D eigenvalue weighted by molar-refractivity contribution is 5.54. The molecular formula is C17H27N3O. The minimum Gasteiger partial charge on any atom is -0.384 e. The molecule has 4 nitrogen and oxygen atoms in total. The van der Waals surface area contributed by atoms with Crippen LogP contribution in [0, 0.1) is 12.8 Å². The zero-order valence-corrected chi connectivity index (χ0v) is 13.3. The van der Waals surface area contributed by atoms with Crippen LogP contribution in [0.3, 0.4) is 0 Å². The van der Waals surface area contributed by atoms with Crippen LogP contribution >= 0.6 is 0 Å². The van der Waals surface area contributed by atoms with E-state index < -0.39 is 0 Å². The second-order valence-electron chi connectivity index (χ2n) is 6.52. The Bertz CT molecular complexity index is 471. The van der Waals surface area contributed by atoms with Gasteiger partial charge in [0.2, 0.25) is 0 Å². The predicted molar refractivity (Wildman–Crippen MR) is 85.6 cm³/mol. The number of pyridine rings is 1. The van der Waals surface area contributed by atoms with Gasteiger partial charge in [-0.1, -0.05) is 0 Å². The number of nitrogens with zero attached hydrogens (tertiary/aromatic N) is 2. The molecule has 1 atom stereocenters. The number of hydrogen-bond acceptors (Lipinski definition) is 4. The first kappa shape index (κ1) is 14.8. The molecule has 116 valence electrons. The molecule has 1 aromatic heterocycles. The van der Waals surface area contributed by atoms with Crippen molar-refractivity contribution in [3.8, 4) is 0 Å². The lowest BCUT2D eigenvalue weighted by Crippen LogP contribution is -2.38. The summed E-state index contributed by atoms with van der Waals surface area (Å²) in [5.74, 6) is 0.654. The van der Waals surface area contributed by atoms with Crippen molar-refractivity contribution in [1.29, 1.82) is 0 Å². The van der Waals surface area contributed by atoms with Gasteiger partial charge in [-0.3, -0.25) is 4.98 Å². The summed E-state index contributed by atoms with van der Waals surface area (Å²) in [4.78, 5) is 7.03. The van der Waals surface area contributed by atoms with Gasteiger partial charge < -0.3 is 15.0 Å². The van der Waals surface area contributed by atoms with Crippen LogP contribution in [0.15, 0.2) is 12.3 Å². The normalized spacial score (nSPS) is 22.6. The van der Waals surface area contributed by atoms with Gasteiger partial charge in [-0.05, 0) is 44.6 Å². The topological polar surface area (TPSA) is 37.4 Å². The van der Waals surface area contributed by atoms with Gasteiger partial charge in [-0.25, -0.2) is 0 Å². The molecule has 1 aromatic rings. The molecule has 1 aliphatic carbocycles. The third-order valence-corrected chi connectivity index (χ3v) is 4.52. The second-order valence-corrected chi connectivity index (χ2v) is 6.52. The number of nitrogens with one attached hydrogen (secondary N) is 1. The maximum atomic E-state index is 5.36. The summed E-state index contributed by atoms with van der Waals surface area (Å²) in [6.45, 7) is 6.15. The zero-order chi connectivity index (χ0) is 14.7. The van der Waals surface area contributed by atoms with E-state index in [2.05, 4.69) is 34.4 Å². The van der Waals surface area contributed by atoms with Crippen molar-refractivity contribution in [3.05, 3.63) is 23.5 Å². The molecule has 2 fully saturated rings. The van der Waals surface area contributed by atoms with Crippen LogP contribution in [0.4, 0.5) is 5.69 Å². The van der Waals surface area contributed by atoms with Gasteiger partial charge in [0.1, 0.15) is 0 Å². The minimum absolute atomic E-state index is 0.654. The molecule has 0 radical (unpaired) electrons. The molecule has 1 aliphatic heterocycles. The second kappa shape index (κ2) is 6.75. The highest BCUT2D eigenvalue weighted by Gasteiger charge is 2.24. The van der Waals surface area contributed by atoms with Crippen molar-refractivity contribution in [1.82, 2.24) is 10.3 Å². The van der Waals surface area contributed by atoms with Gasteiger partial charge in [-0.15, -0.1) is 0 Å². The Morgan fingerprint density at radius 2 is 2.24 bits per heavy atom. The zero-order valence-electron chi connectivity index (χ0n) is 13.3. The fourth-order valence-electron chi connectivity index (χ4n) is 3.20. The van der Waals surface area contributed by atoms with Crippen LogP contribution in [-0.2, 0) is 11.3 Å².